The third-order valence-corrected chi connectivity index (χ3v) is 4.18. The highest BCUT2D eigenvalue weighted by Gasteiger charge is 2.29. The molecule has 9 N–H and O–H groups in total. The van der Waals surface area contributed by atoms with Crippen molar-refractivity contribution in [3.05, 3.63) is 29.8 Å². The van der Waals surface area contributed by atoms with Crippen molar-refractivity contribution in [1.29, 1.82) is 0 Å². The number of amides is 3. The summed E-state index contributed by atoms with van der Waals surface area (Å²) < 4.78 is 0. The van der Waals surface area contributed by atoms with Gasteiger partial charge in [0, 0.05) is 0 Å². The maximum Gasteiger partial charge on any atom is 0.326 e. The summed E-state index contributed by atoms with van der Waals surface area (Å²) in [6.45, 7) is -0.664. The van der Waals surface area contributed by atoms with E-state index >= 15 is 0 Å². The normalized spacial score (nSPS) is 13.1. The van der Waals surface area contributed by atoms with Crippen LogP contribution >= 0.6 is 0 Å². The lowest BCUT2D eigenvalue weighted by Gasteiger charge is -2.20. The van der Waals surface area contributed by atoms with E-state index in [2.05, 4.69) is 5.32 Å². The van der Waals surface area contributed by atoms with Gasteiger partial charge in [-0.1, -0.05) is 12.1 Å². The number of nitrogens with one attached hydrogen (secondary N) is 3. The number of aliphatic carboxylic acids is 3. The van der Waals surface area contributed by atoms with Crippen LogP contribution in [0, 0.1) is 0 Å². The Labute approximate surface area is 186 Å². The van der Waals surface area contributed by atoms with Gasteiger partial charge in [-0.3, -0.25) is 24.0 Å². The Kier molecular flexibility index (Phi) is 10.3. The van der Waals surface area contributed by atoms with E-state index in [1.165, 1.54) is 12.1 Å². The van der Waals surface area contributed by atoms with Gasteiger partial charge in [-0.25, -0.2) is 4.79 Å². The van der Waals surface area contributed by atoms with Gasteiger partial charge in [0.2, 0.25) is 17.7 Å². The lowest BCUT2D eigenvalue weighted by atomic mass is 10.1. The number of rotatable bonds is 13. The van der Waals surface area contributed by atoms with Crippen molar-refractivity contribution >= 4 is 35.6 Å². The molecule has 0 spiro atoms. The van der Waals surface area contributed by atoms with Crippen LogP contribution in [0.15, 0.2) is 24.3 Å². The predicted molar refractivity (Wildman–Crippen MR) is 109 cm³/mol. The number of hydrogen-bond donors (Lipinski definition) is 8. The quantitative estimate of drug-likeness (QED) is 0.149. The van der Waals surface area contributed by atoms with Crippen LogP contribution in [-0.4, -0.2) is 80.7 Å². The van der Waals surface area contributed by atoms with Crippen LogP contribution in [-0.2, 0) is 35.2 Å². The van der Waals surface area contributed by atoms with Crippen LogP contribution in [0.4, 0.5) is 0 Å². The first kappa shape index (κ1) is 26.8. The zero-order valence-corrected chi connectivity index (χ0v) is 17.2. The standard InChI is InChI=1S/C19H24N4O10/c20-11(5-9-1-3-10(24)4-2-9)17(30)21-8-14(25)22-12(6-15(26)27)18(31)23-13(19(32)33)7-16(28)29/h1-4,11-13,24H,5-8,20H2,(H,21,30)(H,22,25)(H,23,31)(H,26,27)(H,28,29)(H,32,33). The molecular formula is C19H24N4O10. The average molecular weight is 468 g/mol. The summed E-state index contributed by atoms with van der Waals surface area (Å²) in [5, 5.41) is 42.0. The number of phenols is 1. The van der Waals surface area contributed by atoms with Gasteiger partial charge in [0.05, 0.1) is 25.4 Å². The molecule has 1 aromatic carbocycles. The fourth-order valence-electron chi connectivity index (χ4n) is 2.55. The fourth-order valence-corrected chi connectivity index (χ4v) is 2.55. The van der Waals surface area contributed by atoms with Crippen molar-refractivity contribution in [2.45, 2.75) is 37.4 Å². The lowest BCUT2D eigenvalue weighted by Crippen LogP contribution is -2.54. The molecule has 0 saturated heterocycles. The molecule has 1 rings (SSSR count). The Morgan fingerprint density at radius 3 is 1.88 bits per heavy atom. The summed E-state index contributed by atoms with van der Waals surface area (Å²) in [6.07, 6.45) is -1.80. The van der Waals surface area contributed by atoms with E-state index < -0.39 is 73.1 Å². The molecule has 180 valence electrons. The molecule has 0 aliphatic rings. The molecule has 3 unspecified atom stereocenters. The molecule has 0 fully saturated rings. The summed E-state index contributed by atoms with van der Waals surface area (Å²) in [4.78, 5) is 69.2. The molecular weight excluding hydrogens is 444 g/mol. The molecule has 3 amide bonds. The molecule has 14 nitrogen and oxygen atoms in total. The predicted octanol–water partition coefficient (Wildman–Crippen LogP) is -2.62. The molecule has 33 heavy (non-hydrogen) atoms. The number of benzene rings is 1. The minimum atomic E-state index is -1.85. The van der Waals surface area contributed by atoms with Crippen LogP contribution in [0.3, 0.4) is 0 Å². The molecule has 0 aromatic heterocycles. The number of phenolic OH excluding ortho intramolecular Hbond substituents is 1. The molecule has 0 aliphatic heterocycles. The zero-order valence-electron chi connectivity index (χ0n) is 17.2. The second kappa shape index (κ2) is 12.6. The third-order valence-electron chi connectivity index (χ3n) is 4.18. The fraction of sp³-hybridized carbons (Fsp3) is 0.368. The maximum absolute atomic E-state index is 12.2. The Morgan fingerprint density at radius 2 is 1.36 bits per heavy atom. The van der Waals surface area contributed by atoms with E-state index in [9.17, 15) is 33.9 Å². The highest BCUT2D eigenvalue weighted by molar-refractivity contribution is 5.95. The molecule has 0 bridgehead atoms. The summed E-state index contributed by atoms with van der Waals surface area (Å²) in [7, 11) is 0. The Hall–Kier alpha value is -4.20. The Balaban J connectivity index is 2.66. The number of aromatic hydroxyl groups is 1. The summed E-state index contributed by atoms with van der Waals surface area (Å²) >= 11 is 0. The average Bonchev–Trinajstić information content (AvgIpc) is 2.71. The summed E-state index contributed by atoms with van der Waals surface area (Å²) in [6, 6.07) is 1.30. The van der Waals surface area contributed by atoms with Crippen LogP contribution in [0.25, 0.3) is 0 Å². The van der Waals surface area contributed by atoms with E-state index in [1.807, 2.05) is 10.6 Å². The topological polar surface area (TPSA) is 245 Å². The Bertz CT molecular complexity index is 902. The van der Waals surface area contributed by atoms with Crippen LogP contribution < -0.4 is 21.7 Å². The first-order valence-corrected chi connectivity index (χ1v) is 9.46. The summed E-state index contributed by atoms with van der Waals surface area (Å²) in [5.41, 5.74) is 6.41. The van der Waals surface area contributed by atoms with Crippen LogP contribution in [0.2, 0.25) is 0 Å². The van der Waals surface area contributed by atoms with Gasteiger partial charge < -0.3 is 42.1 Å². The van der Waals surface area contributed by atoms with Gasteiger partial charge in [-0.15, -0.1) is 0 Å². The maximum atomic E-state index is 12.2. The first-order chi connectivity index (χ1) is 15.4. The smallest absolute Gasteiger partial charge is 0.326 e. The number of carboxylic acid groups (broad SMARTS) is 3. The minimum Gasteiger partial charge on any atom is -0.508 e. The van der Waals surface area contributed by atoms with Crippen molar-refractivity contribution in [3.8, 4) is 5.75 Å². The second-order valence-electron chi connectivity index (χ2n) is 6.91. The van der Waals surface area contributed by atoms with Crippen LogP contribution in [0.5, 0.6) is 5.75 Å². The zero-order chi connectivity index (χ0) is 25.1. The van der Waals surface area contributed by atoms with Gasteiger partial charge in [0.25, 0.3) is 0 Å². The van der Waals surface area contributed by atoms with Gasteiger partial charge in [-0.2, -0.15) is 0 Å². The van der Waals surface area contributed by atoms with Crippen molar-refractivity contribution in [3.63, 3.8) is 0 Å². The van der Waals surface area contributed by atoms with Crippen molar-refractivity contribution < 1.29 is 49.2 Å². The Morgan fingerprint density at radius 1 is 0.818 bits per heavy atom. The SMILES string of the molecule is NC(Cc1ccc(O)cc1)C(=O)NCC(=O)NC(CC(=O)O)C(=O)NC(CC(=O)O)C(=O)O. The van der Waals surface area contributed by atoms with Crippen molar-refractivity contribution in [2.24, 2.45) is 5.73 Å². The van der Waals surface area contributed by atoms with Crippen molar-refractivity contribution in [2.75, 3.05) is 6.54 Å². The second-order valence-corrected chi connectivity index (χ2v) is 6.91. The van der Waals surface area contributed by atoms with E-state index in [1.54, 1.807) is 12.1 Å². The van der Waals surface area contributed by atoms with Gasteiger partial charge in [0.15, 0.2) is 0 Å². The van der Waals surface area contributed by atoms with Crippen LogP contribution in [0.1, 0.15) is 18.4 Å². The molecule has 0 heterocycles. The van der Waals surface area contributed by atoms with E-state index in [0.29, 0.717) is 5.56 Å². The van der Waals surface area contributed by atoms with E-state index in [0.717, 1.165) is 0 Å². The number of carboxylic acids is 3. The van der Waals surface area contributed by atoms with E-state index in [-0.39, 0.29) is 12.2 Å². The lowest BCUT2D eigenvalue weighted by molar-refractivity contribution is -0.148. The summed E-state index contributed by atoms with van der Waals surface area (Å²) in [5.74, 6) is -7.56. The van der Waals surface area contributed by atoms with Crippen molar-refractivity contribution in [1.82, 2.24) is 16.0 Å². The molecule has 3 atom stereocenters. The monoisotopic (exact) mass is 468 g/mol. The number of hydrogen-bond acceptors (Lipinski definition) is 8. The molecule has 0 saturated carbocycles. The highest BCUT2D eigenvalue weighted by atomic mass is 16.4. The first-order valence-electron chi connectivity index (χ1n) is 9.46. The minimum absolute atomic E-state index is 0.0334. The van der Waals surface area contributed by atoms with Gasteiger partial charge >= 0.3 is 17.9 Å². The number of carbonyl (C=O) groups is 6. The third kappa shape index (κ3) is 10.1. The molecule has 0 radical (unpaired) electrons. The molecule has 0 aliphatic carbocycles. The van der Waals surface area contributed by atoms with E-state index in [4.69, 9.17) is 21.1 Å². The van der Waals surface area contributed by atoms with Gasteiger partial charge in [-0.05, 0) is 24.1 Å². The number of carbonyl (C=O) groups excluding carboxylic acids is 3. The van der Waals surface area contributed by atoms with Gasteiger partial charge in [0.1, 0.15) is 17.8 Å². The highest BCUT2D eigenvalue weighted by Crippen LogP contribution is 2.10. The number of nitrogens with two attached hydrogens (primary N) is 1. The molecule has 1 aromatic rings. The largest absolute Gasteiger partial charge is 0.508 e. The molecule has 14 heteroatoms.